The molecule has 0 aromatic heterocycles. The first-order chi connectivity index (χ1) is 13.4. The molecule has 0 spiro atoms. The first kappa shape index (κ1) is 19.3. The van der Waals surface area contributed by atoms with Crippen molar-refractivity contribution in [2.24, 2.45) is 0 Å². The molecule has 0 saturated heterocycles. The van der Waals surface area contributed by atoms with Gasteiger partial charge >= 0.3 is 0 Å². The van der Waals surface area contributed by atoms with Crippen LogP contribution in [-0.4, -0.2) is 5.60 Å². The number of fused-ring (bicyclic) bond motifs is 1. The van der Waals surface area contributed by atoms with Crippen LogP contribution in [0.2, 0.25) is 0 Å². The summed E-state index contributed by atoms with van der Waals surface area (Å²) in [7, 11) is 0. The van der Waals surface area contributed by atoms with Gasteiger partial charge in [-0.25, -0.2) is 0 Å². The van der Waals surface area contributed by atoms with E-state index in [1.807, 2.05) is 69.3 Å². The zero-order valence-electron chi connectivity index (χ0n) is 15.8. The van der Waals surface area contributed by atoms with E-state index >= 15 is 0 Å². The Hall–Kier alpha value is -3.46. The highest BCUT2D eigenvalue weighted by Gasteiger charge is 2.39. The van der Waals surface area contributed by atoms with E-state index in [1.54, 1.807) is 11.8 Å². The second-order valence-electron chi connectivity index (χ2n) is 6.69. The molecular weight excluding hydrogens is 366 g/mol. The summed E-state index contributed by atoms with van der Waals surface area (Å²) in [5.74, 6) is 0.0560. The minimum Gasteiger partial charge on any atom is -0.480 e. The quantitative estimate of drug-likeness (QED) is 0.624. The molecule has 0 amide bonds. The number of rotatable bonds is 2. The van der Waals surface area contributed by atoms with Crippen molar-refractivity contribution in [3.8, 4) is 18.2 Å². The average Bonchev–Trinajstić information content (AvgIpc) is 2.93. The molecule has 136 valence electrons. The van der Waals surface area contributed by atoms with Gasteiger partial charge in [0.15, 0.2) is 11.3 Å². The third-order valence-electron chi connectivity index (χ3n) is 4.42. The summed E-state index contributed by atoms with van der Waals surface area (Å²) in [6.45, 7) is 5.63. The Morgan fingerprint density at radius 3 is 2.50 bits per heavy atom. The molecule has 1 aromatic carbocycles. The van der Waals surface area contributed by atoms with Crippen LogP contribution < -0.4 is 0 Å². The maximum absolute atomic E-state index is 9.74. The van der Waals surface area contributed by atoms with Crippen molar-refractivity contribution in [2.45, 2.75) is 31.3 Å². The Labute approximate surface area is 169 Å². The number of nitriles is 3. The molecule has 0 N–H and O–H groups in total. The number of hydrogen-bond donors (Lipinski definition) is 0. The highest BCUT2D eigenvalue weighted by Crippen LogP contribution is 2.45. The fourth-order valence-corrected chi connectivity index (χ4v) is 4.23. The Balaban J connectivity index is 2.28. The second kappa shape index (κ2) is 7.65. The number of hydrogen-bond acceptors (Lipinski definition) is 5. The summed E-state index contributed by atoms with van der Waals surface area (Å²) in [4.78, 5) is 2.22. The lowest BCUT2D eigenvalue weighted by Gasteiger charge is -2.23. The molecule has 0 atom stereocenters. The number of ether oxygens (including phenoxy) is 1. The largest absolute Gasteiger partial charge is 0.480 e. The highest BCUT2D eigenvalue weighted by molar-refractivity contribution is 8.03. The van der Waals surface area contributed by atoms with Crippen LogP contribution in [0.15, 0.2) is 80.8 Å². The summed E-state index contributed by atoms with van der Waals surface area (Å²) < 4.78 is 5.87. The van der Waals surface area contributed by atoms with Crippen molar-refractivity contribution in [3.63, 3.8) is 0 Å². The lowest BCUT2D eigenvalue weighted by atomic mass is 9.91. The predicted octanol–water partition coefficient (Wildman–Crippen LogP) is 5.57. The maximum atomic E-state index is 9.74. The van der Waals surface area contributed by atoms with Gasteiger partial charge in [0.2, 0.25) is 0 Å². The van der Waals surface area contributed by atoms with Gasteiger partial charge in [0.25, 0.3) is 0 Å². The summed E-state index contributed by atoms with van der Waals surface area (Å²) >= 11 is 1.69. The molecule has 2 heterocycles. The van der Waals surface area contributed by atoms with Gasteiger partial charge in [0.1, 0.15) is 29.4 Å². The van der Waals surface area contributed by atoms with Crippen molar-refractivity contribution in [3.05, 3.63) is 81.5 Å². The van der Waals surface area contributed by atoms with Crippen LogP contribution in [0.4, 0.5) is 0 Å². The molecule has 28 heavy (non-hydrogen) atoms. The molecule has 0 unspecified atom stereocenters. The first-order valence-corrected chi connectivity index (χ1v) is 9.49. The SMILES string of the molecule is C/C=C/C1=CC(=C\C2=C(C#N)C(=C(C#N)C#N)OC2(C)C)/c2ccccc2S1. The lowest BCUT2D eigenvalue weighted by Crippen LogP contribution is -2.21. The first-order valence-electron chi connectivity index (χ1n) is 8.67. The van der Waals surface area contributed by atoms with E-state index in [4.69, 9.17) is 4.74 Å². The molecule has 4 nitrogen and oxygen atoms in total. The summed E-state index contributed by atoms with van der Waals surface area (Å²) in [6, 6.07) is 13.9. The van der Waals surface area contributed by atoms with Crippen molar-refractivity contribution >= 4 is 17.3 Å². The van der Waals surface area contributed by atoms with E-state index in [2.05, 4.69) is 18.2 Å². The normalized spacial score (nSPS) is 18.8. The van der Waals surface area contributed by atoms with Gasteiger partial charge in [0.05, 0.1) is 0 Å². The van der Waals surface area contributed by atoms with Gasteiger partial charge in [-0.2, -0.15) is 15.8 Å². The fourth-order valence-electron chi connectivity index (χ4n) is 3.15. The van der Waals surface area contributed by atoms with Crippen molar-refractivity contribution in [1.29, 1.82) is 15.8 Å². The van der Waals surface area contributed by atoms with Gasteiger partial charge in [-0.1, -0.05) is 42.1 Å². The molecule has 0 fully saturated rings. The molecule has 0 saturated carbocycles. The third kappa shape index (κ3) is 3.39. The van der Waals surface area contributed by atoms with E-state index in [9.17, 15) is 15.8 Å². The van der Waals surface area contributed by atoms with Crippen LogP contribution in [0.3, 0.4) is 0 Å². The zero-order valence-corrected chi connectivity index (χ0v) is 16.6. The van der Waals surface area contributed by atoms with Crippen LogP contribution in [-0.2, 0) is 4.74 Å². The Morgan fingerprint density at radius 2 is 1.86 bits per heavy atom. The van der Waals surface area contributed by atoms with Crippen molar-refractivity contribution in [1.82, 2.24) is 0 Å². The molecule has 1 aromatic rings. The standard InChI is InChI=1S/C23H17N3OS/c1-4-7-17-10-15(18-8-5-6-9-21(18)28-17)11-20-19(14-26)22(16(12-24)13-25)27-23(20,2)3/h4-11H,1-3H3/b7-4+,15-11+. The minimum absolute atomic E-state index is 0.0560. The number of benzene rings is 1. The van der Waals surface area contributed by atoms with Crippen LogP contribution in [0.1, 0.15) is 26.3 Å². The Bertz CT molecular complexity index is 1110. The van der Waals surface area contributed by atoms with Crippen molar-refractivity contribution < 1.29 is 4.74 Å². The van der Waals surface area contributed by atoms with E-state index in [0.29, 0.717) is 5.57 Å². The maximum Gasteiger partial charge on any atom is 0.172 e. The summed E-state index contributed by atoms with van der Waals surface area (Å²) in [5.41, 5.74) is 1.88. The average molecular weight is 383 g/mol. The van der Waals surface area contributed by atoms with E-state index in [0.717, 1.165) is 20.9 Å². The number of nitrogens with zero attached hydrogens (tertiary/aromatic N) is 3. The molecule has 2 aliphatic rings. The molecule has 0 aliphatic carbocycles. The third-order valence-corrected chi connectivity index (χ3v) is 5.48. The fraction of sp³-hybridized carbons (Fsp3) is 0.174. The molecule has 3 rings (SSSR count). The molecule has 5 heteroatoms. The smallest absolute Gasteiger partial charge is 0.172 e. The minimum atomic E-state index is -0.833. The molecule has 2 aliphatic heterocycles. The van der Waals surface area contributed by atoms with Gasteiger partial charge in [-0.3, -0.25) is 0 Å². The predicted molar refractivity (Wildman–Crippen MR) is 109 cm³/mol. The number of thioether (sulfide) groups is 1. The molecular formula is C23H17N3OS. The van der Waals surface area contributed by atoms with Gasteiger partial charge in [-0.05, 0) is 50.1 Å². The van der Waals surface area contributed by atoms with Crippen LogP contribution >= 0.6 is 11.8 Å². The van der Waals surface area contributed by atoms with Crippen LogP contribution in [0, 0.1) is 34.0 Å². The van der Waals surface area contributed by atoms with E-state index in [-0.39, 0.29) is 16.9 Å². The molecule has 0 radical (unpaired) electrons. The van der Waals surface area contributed by atoms with E-state index in [1.165, 1.54) is 0 Å². The van der Waals surface area contributed by atoms with Crippen molar-refractivity contribution in [2.75, 3.05) is 0 Å². The van der Waals surface area contributed by atoms with Gasteiger partial charge < -0.3 is 4.74 Å². The Kier molecular flexibility index (Phi) is 5.27. The Morgan fingerprint density at radius 1 is 1.14 bits per heavy atom. The second-order valence-corrected chi connectivity index (χ2v) is 7.80. The highest BCUT2D eigenvalue weighted by atomic mass is 32.2. The number of allylic oxidation sites excluding steroid dienone is 6. The van der Waals surface area contributed by atoms with Crippen LogP contribution in [0.5, 0.6) is 0 Å². The lowest BCUT2D eigenvalue weighted by molar-refractivity contribution is 0.0954. The topological polar surface area (TPSA) is 80.6 Å². The van der Waals surface area contributed by atoms with Gasteiger partial charge in [0, 0.05) is 15.4 Å². The van der Waals surface area contributed by atoms with Crippen LogP contribution in [0.25, 0.3) is 5.57 Å². The summed E-state index contributed by atoms with van der Waals surface area (Å²) in [5, 5.41) is 28.2. The van der Waals surface area contributed by atoms with Gasteiger partial charge in [-0.15, -0.1) is 0 Å². The zero-order chi connectivity index (χ0) is 20.3. The van der Waals surface area contributed by atoms with E-state index < -0.39 is 5.60 Å². The molecule has 0 bridgehead atoms. The monoisotopic (exact) mass is 383 g/mol. The summed E-state index contributed by atoms with van der Waals surface area (Å²) in [6.07, 6.45) is 8.03.